The third-order valence-electron chi connectivity index (χ3n) is 5.74. The minimum atomic E-state index is -3.67. The smallest absolute Gasteiger partial charge is 0.279 e. The third kappa shape index (κ3) is 5.82. The highest BCUT2D eigenvalue weighted by Gasteiger charge is 2.24. The van der Waals surface area contributed by atoms with Crippen molar-refractivity contribution in [1.29, 1.82) is 0 Å². The molecule has 0 atom stereocenters. The van der Waals surface area contributed by atoms with E-state index in [0.717, 1.165) is 37.0 Å². The molecule has 1 heterocycles. The molecule has 1 aromatic heterocycles. The van der Waals surface area contributed by atoms with Crippen LogP contribution in [-0.2, 0) is 17.1 Å². The predicted molar refractivity (Wildman–Crippen MR) is 139 cm³/mol. The average molecular weight is 535 g/mol. The molecular weight excluding hydrogens is 504 g/mol. The lowest BCUT2D eigenvalue weighted by Gasteiger charge is -2.22. The van der Waals surface area contributed by atoms with E-state index in [9.17, 15) is 23.3 Å². The number of aryl methyl sites for hydroxylation is 1. The second-order valence-electron chi connectivity index (χ2n) is 8.25. The number of thiazole rings is 1. The molecule has 194 valence electrons. The monoisotopic (exact) mass is 534 g/mol. The number of nitro benzene ring substituents is 1. The fraction of sp³-hybridized carbons (Fsp3) is 0.417. The van der Waals surface area contributed by atoms with Crippen LogP contribution in [0.4, 0.5) is 5.69 Å². The molecule has 0 saturated carbocycles. The number of methoxy groups -OCH3 is 1. The van der Waals surface area contributed by atoms with Crippen LogP contribution in [0.2, 0.25) is 0 Å². The number of carbonyl (C=O) groups is 1. The maximum absolute atomic E-state index is 13.2. The Hall–Kier alpha value is -3.09. The van der Waals surface area contributed by atoms with E-state index in [4.69, 9.17) is 4.74 Å². The molecule has 0 spiro atoms. The molecule has 2 aromatic carbocycles. The quantitative estimate of drug-likeness (QED) is 0.264. The number of aromatic nitrogens is 1. The Kier molecular flexibility index (Phi) is 8.98. The van der Waals surface area contributed by atoms with Gasteiger partial charge in [0, 0.05) is 31.8 Å². The van der Waals surface area contributed by atoms with Gasteiger partial charge in [-0.1, -0.05) is 38.0 Å². The maximum atomic E-state index is 13.2. The van der Waals surface area contributed by atoms with Crippen molar-refractivity contribution in [2.45, 2.75) is 44.4 Å². The van der Waals surface area contributed by atoms with Crippen molar-refractivity contribution < 1.29 is 22.9 Å². The normalized spacial score (nSPS) is 12.4. The number of carbonyl (C=O) groups excluding carboxylic acids is 1. The van der Waals surface area contributed by atoms with Crippen molar-refractivity contribution >= 4 is 43.2 Å². The highest BCUT2D eigenvalue weighted by atomic mass is 32.2. The van der Waals surface area contributed by atoms with E-state index in [1.807, 2.05) is 13.8 Å². The number of benzene rings is 2. The van der Waals surface area contributed by atoms with Gasteiger partial charge in [-0.3, -0.25) is 14.9 Å². The molecule has 10 nitrogen and oxygen atoms in total. The Bertz CT molecular complexity index is 1420. The molecule has 0 aliphatic rings. The summed E-state index contributed by atoms with van der Waals surface area (Å²) in [4.78, 5) is 28.2. The van der Waals surface area contributed by atoms with Crippen LogP contribution in [0.5, 0.6) is 5.75 Å². The fourth-order valence-corrected chi connectivity index (χ4v) is 6.27. The number of unbranched alkanes of at least 4 members (excludes halogenated alkanes) is 2. The van der Waals surface area contributed by atoms with Crippen molar-refractivity contribution in [3.05, 3.63) is 56.9 Å². The van der Waals surface area contributed by atoms with E-state index < -0.39 is 20.9 Å². The summed E-state index contributed by atoms with van der Waals surface area (Å²) in [5.41, 5.74) is 0.696. The molecule has 1 amide bonds. The first-order valence-corrected chi connectivity index (χ1v) is 13.9. The van der Waals surface area contributed by atoms with Crippen LogP contribution < -0.4 is 9.54 Å². The third-order valence-corrected chi connectivity index (χ3v) is 8.73. The van der Waals surface area contributed by atoms with Crippen LogP contribution in [0.3, 0.4) is 0 Å². The second-order valence-corrected chi connectivity index (χ2v) is 11.2. The van der Waals surface area contributed by atoms with Gasteiger partial charge in [0.2, 0.25) is 10.0 Å². The molecule has 0 N–H and O–H groups in total. The first-order valence-electron chi connectivity index (χ1n) is 11.6. The number of ether oxygens (including phenoxy) is 1. The van der Waals surface area contributed by atoms with Gasteiger partial charge in [-0.05, 0) is 37.1 Å². The number of sulfonamides is 1. The van der Waals surface area contributed by atoms with E-state index in [2.05, 4.69) is 4.99 Å². The summed E-state index contributed by atoms with van der Waals surface area (Å²) >= 11 is 1.12. The number of hydrogen-bond acceptors (Lipinski definition) is 7. The number of amides is 1. The van der Waals surface area contributed by atoms with Crippen molar-refractivity contribution in [1.82, 2.24) is 8.87 Å². The summed E-state index contributed by atoms with van der Waals surface area (Å²) in [5, 5.41) is 11.2. The Morgan fingerprint density at radius 3 is 2.28 bits per heavy atom. The van der Waals surface area contributed by atoms with E-state index in [1.165, 1.54) is 47.8 Å². The summed E-state index contributed by atoms with van der Waals surface area (Å²) in [6.45, 7) is 4.95. The standard InChI is InChI=1S/C24H30N4O6S2/c1-5-7-13-27(14-8-6-2)36(32,33)19-11-9-17(10-12-19)23(29)25-24-26(3)22-20(34-4)15-18(28(30)31)16-21(22)35-24/h9-12,15-16H,5-8,13-14H2,1-4H3. The first-order chi connectivity index (χ1) is 17.1. The summed E-state index contributed by atoms with van der Waals surface area (Å²) in [6.07, 6.45) is 3.33. The average Bonchev–Trinajstić information content (AvgIpc) is 3.18. The Morgan fingerprint density at radius 2 is 1.75 bits per heavy atom. The van der Waals surface area contributed by atoms with Gasteiger partial charge in [-0.15, -0.1) is 0 Å². The summed E-state index contributed by atoms with van der Waals surface area (Å²) in [5.74, 6) is -0.250. The molecule has 0 aliphatic carbocycles. The Balaban J connectivity index is 1.93. The fourth-order valence-electron chi connectivity index (χ4n) is 3.69. The van der Waals surface area contributed by atoms with Crippen LogP contribution in [-0.4, -0.2) is 48.3 Å². The molecule has 36 heavy (non-hydrogen) atoms. The molecule has 3 rings (SSSR count). The second kappa shape index (κ2) is 11.8. The number of rotatable bonds is 11. The topological polar surface area (TPSA) is 124 Å². The zero-order valence-electron chi connectivity index (χ0n) is 20.8. The highest BCUT2D eigenvalue weighted by molar-refractivity contribution is 7.89. The summed E-state index contributed by atoms with van der Waals surface area (Å²) in [7, 11) is -0.563. The van der Waals surface area contributed by atoms with Crippen molar-refractivity contribution in [2.75, 3.05) is 20.2 Å². The highest BCUT2D eigenvalue weighted by Crippen LogP contribution is 2.32. The van der Waals surface area contributed by atoms with Crippen molar-refractivity contribution in [2.24, 2.45) is 12.0 Å². The van der Waals surface area contributed by atoms with Crippen LogP contribution in [0.1, 0.15) is 49.9 Å². The largest absolute Gasteiger partial charge is 0.494 e. The van der Waals surface area contributed by atoms with E-state index >= 15 is 0 Å². The minimum absolute atomic E-state index is 0.122. The van der Waals surface area contributed by atoms with Gasteiger partial charge in [0.05, 0.1) is 27.7 Å². The van der Waals surface area contributed by atoms with E-state index in [1.54, 1.807) is 11.6 Å². The lowest BCUT2D eigenvalue weighted by molar-refractivity contribution is -0.384. The number of non-ortho nitro benzene ring substituents is 1. The van der Waals surface area contributed by atoms with Gasteiger partial charge in [-0.2, -0.15) is 9.30 Å². The lowest BCUT2D eigenvalue weighted by atomic mass is 10.2. The number of nitrogens with zero attached hydrogens (tertiary/aromatic N) is 4. The van der Waals surface area contributed by atoms with Crippen molar-refractivity contribution in [3.63, 3.8) is 0 Å². The van der Waals surface area contributed by atoms with Gasteiger partial charge in [-0.25, -0.2) is 8.42 Å². The van der Waals surface area contributed by atoms with Crippen LogP contribution in [0.25, 0.3) is 10.2 Å². The molecule has 0 bridgehead atoms. The molecule has 0 unspecified atom stereocenters. The molecule has 0 fully saturated rings. The number of nitro groups is 1. The van der Waals surface area contributed by atoms with Crippen LogP contribution in [0.15, 0.2) is 46.3 Å². The predicted octanol–water partition coefficient (Wildman–Crippen LogP) is 4.49. The molecule has 0 aliphatic heterocycles. The molecule has 12 heteroatoms. The number of hydrogen-bond donors (Lipinski definition) is 0. The van der Waals surface area contributed by atoms with Gasteiger partial charge in [0.15, 0.2) is 10.6 Å². The van der Waals surface area contributed by atoms with Crippen molar-refractivity contribution in [3.8, 4) is 5.75 Å². The maximum Gasteiger partial charge on any atom is 0.279 e. The minimum Gasteiger partial charge on any atom is -0.494 e. The van der Waals surface area contributed by atoms with E-state index in [0.29, 0.717) is 33.9 Å². The molecule has 3 aromatic rings. The van der Waals surface area contributed by atoms with Gasteiger partial charge >= 0.3 is 0 Å². The van der Waals surface area contributed by atoms with Crippen LogP contribution >= 0.6 is 11.3 Å². The Labute approximate surface area is 214 Å². The van der Waals surface area contributed by atoms with Crippen LogP contribution in [0, 0.1) is 10.1 Å². The van der Waals surface area contributed by atoms with E-state index in [-0.39, 0.29) is 16.1 Å². The number of fused-ring (bicyclic) bond motifs is 1. The lowest BCUT2D eigenvalue weighted by Crippen LogP contribution is -2.33. The molecular formula is C24H30N4O6S2. The van der Waals surface area contributed by atoms with Gasteiger partial charge in [0.1, 0.15) is 5.52 Å². The molecule has 0 saturated heterocycles. The summed E-state index contributed by atoms with van der Waals surface area (Å²) in [6, 6.07) is 8.50. The van der Waals surface area contributed by atoms with Gasteiger partial charge in [0.25, 0.3) is 11.6 Å². The first kappa shape index (κ1) is 27.5. The Morgan fingerprint density at radius 1 is 1.14 bits per heavy atom. The SMILES string of the molecule is CCCCN(CCCC)S(=O)(=O)c1ccc(C(=O)N=c2sc3cc([N+](=O)[O-])cc(OC)c3n2C)cc1. The zero-order valence-corrected chi connectivity index (χ0v) is 22.4. The molecule has 0 radical (unpaired) electrons. The summed E-state index contributed by atoms with van der Waals surface area (Å²) < 4.78 is 35.3. The van der Waals surface area contributed by atoms with Gasteiger partial charge < -0.3 is 9.30 Å². The zero-order chi connectivity index (χ0) is 26.5.